The molecule has 58 heavy (non-hydrogen) atoms. The van der Waals surface area contributed by atoms with Gasteiger partial charge in [0.05, 0.1) is 16.4 Å². The fourth-order valence-electron chi connectivity index (χ4n) is 7.49. The molecule has 0 saturated heterocycles. The van der Waals surface area contributed by atoms with Crippen LogP contribution in [-0.2, 0) is 17.3 Å². The lowest BCUT2D eigenvalue weighted by atomic mass is 9.86. The molecule has 0 aromatic heterocycles. The van der Waals surface area contributed by atoms with E-state index in [4.69, 9.17) is 11.6 Å². The number of anilines is 9. The Hall–Kier alpha value is -5.77. The summed E-state index contributed by atoms with van der Waals surface area (Å²) >= 11 is 7.81. The minimum Gasteiger partial charge on any atom is -0.310 e. The Balaban J connectivity index is 1.40. The van der Waals surface area contributed by atoms with E-state index in [-0.39, 0.29) is 10.8 Å². The second-order valence-electron chi connectivity index (χ2n) is 17.2. The minimum absolute atomic E-state index is 0.0347. The van der Waals surface area contributed by atoms with Gasteiger partial charge in [0.2, 0.25) is 0 Å². The van der Waals surface area contributed by atoms with Crippen molar-refractivity contribution >= 4 is 62.8 Å². The molecule has 7 aromatic rings. The normalized spacial score (nSPS) is 11.7. The summed E-state index contributed by atoms with van der Waals surface area (Å²) < 4.78 is 0. The van der Waals surface area contributed by atoms with Gasteiger partial charge >= 0.3 is 0 Å². The number of nitrogens with zero attached hydrogens (tertiary/aromatic N) is 3. The van der Waals surface area contributed by atoms with Gasteiger partial charge in [-0.3, -0.25) is 0 Å². The summed E-state index contributed by atoms with van der Waals surface area (Å²) in [5, 5.41) is 0.658. The average Bonchev–Trinajstić information content (AvgIpc) is 3.23. The van der Waals surface area contributed by atoms with E-state index in [1.165, 1.54) is 16.7 Å². The first kappa shape index (κ1) is 40.4. The van der Waals surface area contributed by atoms with Gasteiger partial charge in [-0.15, -0.1) is 0 Å². The molecule has 7 rings (SSSR count). The predicted octanol–water partition coefficient (Wildman–Crippen LogP) is 16.7. The highest BCUT2D eigenvalue weighted by Crippen LogP contribution is 2.48. The van der Waals surface area contributed by atoms with Gasteiger partial charge in [0.15, 0.2) is 0 Å². The van der Waals surface area contributed by atoms with E-state index in [0.717, 1.165) is 70.4 Å². The minimum atomic E-state index is 0.0347. The highest BCUT2D eigenvalue weighted by atomic mass is 35.5. The number of para-hydroxylation sites is 2. The van der Waals surface area contributed by atoms with Crippen LogP contribution in [0.25, 0.3) is 0 Å². The molecule has 0 atom stereocenters. The van der Waals surface area contributed by atoms with Crippen LogP contribution >= 0.6 is 11.6 Å². The van der Waals surface area contributed by atoms with Crippen LogP contribution in [0.15, 0.2) is 176 Å². The standard InChI is InChI=1S/C54H56ClN3/c1-8-9-18-40-27-33-45(34-28-40)58(49-24-16-23-48(39-49)56(43-19-12-10-13-20-43)44-21-14-11-15-22-44)51-26-17-25-50(52(51)55)57(46-35-29-41(30-36-46)53(2,3)4)47-37-31-42(32-38-47)54(5,6)7/h10-17,19-39H,8-9,18H2,1-7H3. The van der Waals surface area contributed by atoms with Gasteiger partial charge in [-0.2, -0.15) is 0 Å². The molecular weight excluding hydrogens is 726 g/mol. The molecule has 0 aliphatic rings. The number of halogens is 1. The molecular formula is C54H56ClN3. The number of hydrogen-bond donors (Lipinski definition) is 0. The SMILES string of the molecule is CCCCc1ccc(N(c2cccc(N(c3ccccc3)c3ccccc3)c2)c2cccc(N(c3ccc(C(C)(C)C)cc3)c3ccc(C(C)(C)C)cc3)c2Cl)cc1. The van der Waals surface area contributed by atoms with Gasteiger partial charge in [-0.25, -0.2) is 0 Å². The zero-order valence-corrected chi connectivity index (χ0v) is 35.8. The lowest BCUT2D eigenvalue weighted by Crippen LogP contribution is -2.16. The van der Waals surface area contributed by atoms with E-state index in [1.54, 1.807) is 0 Å². The quantitative estimate of drug-likeness (QED) is 0.122. The summed E-state index contributed by atoms with van der Waals surface area (Å²) in [6.45, 7) is 15.8. The molecule has 0 spiro atoms. The second kappa shape index (κ2) is 17.4. The fourth-order valence-corrected chi connectivity index (χ4v) is 7.79. The number of benzene rings is 7. The van der Waals surface area contributed by atoms with Crippen LogP contribution < -0.4 is 14.7 Å². The van der Waals surface area contributed by atoms with Crippen molar-refractivity contribution in [2.75, 3.05) is 14.7 Å². The van der Waals surface area contributed by atoms with Crippen LogP contribution in [0.1, 0.15) is 78.0 Å². The Labute approximate surface area is 352 Å². The maximum absolute atomic E-state index is 7.81. The van der Waals surface area contributed by atoms with Crippen molar-refractivity contribution in [3.05, 3.63) is 198 Å². The third-order valence-electron chi connectivity index (χ3n) is 10.8. The molecule has 0 N–H and O–H groups in total. The number of hydrogen-bond acceptors (Lipinski definition) is 3. The van der Waals surface area contributed by atoms with E-state index in [0.29, 0.717) is 5.02 Å². The first-order valence-electron chi connectivity index (χ1n) is 20.6. The molecule has 7 aromatic carbocycles. The number of rotatable bonds is 12. The monoisotopic (exact) mass is 781 g/mol. The van der Waals surface area contributed by atoms with E-state index >= 15 is 0 Å². The zero-order valence-electron chi connectivity index (χ0n) is 35.1. The Morgan fingerprint density at radius 1 is 0.397 bits per heavy atom. The molecule has 0 aliphatic carbocycles. The molecule has 0 bridgehead atoms. The largest absolute Gasteiger partial charge is 0.310 e. The van der Waals surface area contributed by atoms with Crippen LogP contribution in [0, 0.1) is 0 Å². The van der Waals surface area contributed by atoms with E-state index in [2.05, 4.69) is 239 Å². The van der Waals surface area contributed by atoms with Crippen LogP contribution in [0.5, 0.6) is 0 Å². The maximum Gasteiger partial charge on any atom is 0.0887 e. The summed E-state index contributed by atoms with van der Waals surface area (Å²) in [7, 11) is 0. The van der Waals surface area contributed by atoms with Gasteiger partial charge < -0.3 is 14.7 Å². The summed E-state index contributed by atoms with van der Waals surface area (Å²) in [5.41, 5.74) is 13.1. The Morgan fingerprint density at radius 2 is 0.759 bits per heavy atom. The van der Waals surface area contributed by atoms with E-state index in [1.807, 2.05) is 0 Å². The van der Waals surface area contributed by atoms with Crippen LogP contribution in [0.4, 0.5) is 51.2 Å². The molecule has 4 heteroatoms. The molecule has 0 radical (unpaired) electrons. The molecule has 294 valence electrons. The smallest absolute Gasteiger partial charge is 0.0887 e. The Bertz CT molecular complexity index is 2290. The summed E-state index contributed by atoms with van der Waals surface area (Å²) in [6, 6.07) is 63.1. The van der Waals surface area contributed by atoms with Gasteiger partial charge in [-0.1, -0.05) is 151 Å². The van der Waals surface area contributed by atoms with Crippen LogP contribution in [0.2, 0.25) is 5.02 Å². The summed E-state index contributed by atoms with van der Waals surface area (Å²) in [4.78, 5) is 6.90. The van der Waals surface area contributed by atoms with E-state index < -0.39 is 0 Å². The van der Waals surface area contributed by atoms with Crippen LogP contribution in [-0.4, -0.2) is 0 Å². The van der Waals surface area contributed by atoms with Crippen molar-refractivity contribution in [2.24, 2.45) is 0 Å². The highest BCUT2D eigenvalue weighted by molar-refractivity contribution is 6.36. The first-order chi connectivity index (χ1) is 27.9. The molecule has 0 saturated carbocycles. The summed E-state index contributed by atoms with van der Waals surface area (Å²) in [6.07, 6.45) is 3.39. The second-order valence-corrected chi connectivity index (χ2v) is 17.5. The molecule has 0 amide bonds. The van der Waals surface area contributed by atoms with E-state index in [9.17, 15) is 0 Å². The number of aryl methyl sites for hydroxylation is 1. The third kappa shape index (κ3) is 9.01. The molecule has 3 nitrogen and oxygen atoms in total. The molecule has 0 fully saturated rings. The lowest BCUT2D eigenvalue weighted by molar-refractivity contribution is 0.590. The maximum atomic E-state index is 7.81. The van der Waals surface area contributed by atoms with Gasteiger partial charge in [0.25, 0.3) is 0 Å². The highest BCUT2D eigenvalue weighted by Gasteiger charge is 2.25. The Kier molecular flexibility index (Phi) is 12.1. The van der Waals surface area contributed by atoms with Crippen molar-refractivity contribution in [2.45, 2.75) is 78.6 Å². The van der Waals surface area contributed by atoms with Crippen molar-refractivity contribution in [3.8, 4) is 0 Å². The van der Waals surface area contributed by atoms with Crippen molar-refractivity contribution in [1.82, 2.24) is 0 Å². The van der Waals surface area contributed by atoms with Crippen molar-refractivity contribution in [1.29, 1.82) is 0 Å². The van der Waals surface area contributed by atoms with Gasteiger partial charge in [0.1, 0.15) is 0 Å². The summed E-state index contributed by atoms with van der Waals surface area (Å²) in [5.74, 6) is 0. The topological polar surface area (TPSA) is 9.72 Å². The Morgan fingerprint density at radius 3 is 1.19 bits per heavy atom. The van der Waals surface area contributed by atoms with Crippen molar-refractivity contribution in [3.63, 3.8) is 0 Å². The predicted molar refractivity (Wildman–Crippen MR) is 252 cm³/mol. The first-order valence-corrected chi connectivity index (χ1v) is 21.0. The molecule has 0 aliphatic heterocycles. The van der Waals surface area contributed by atoms with Crippen molar-refractivity contribution < 1.29 is 0 Å². The lowest BCUT2D eigenvalue weighted by Gasteiger charge is -2.32. The molecule has 0 unspecified atom stereocenters. The van der Waals surface area contributed by atoms with Gasteiger partial charge in [0, 0.05) is 39.8 Å². The third-order valence-corrected chi connectivity index (χ3v) is 11.2. The molecule has 0 heterocycles. The average molecular weight is 783 g/mol. The van der Waals surface area contributed by atoms with Crippen LogP contribution in [0.3, 0.4) is 0 Å². The number of unbranched alkanes of at least 4 members (excludes halogenated alkanes) is 1. The zero-order chi connectivity index (χ0) is 40.9. The van der Waals surface area contributed by atoms with Gasteiger partial charge in [-0.05, 0) is 131 Å². The fraction of sp³-hybridized carbons (Fsp3) is 0.222.